The first-order valence-corrected chi connectivity index (χ1v) is 11.0. The van der Waals surface area contributed by atoms with Crippen molar-refractivity contribution in [1.29, 1.82) is 0 Å². The molecular weight excluding hydrogens is 414 g/mol. The minimum atomic E-state index is -0.965. The topological polar surface area (TPSA) is 76.0 Å². The molecule has 0 radical (unpaired) electrons. The Morgan fingerprint density at radius 1 is 1.06 bits per heavy atom. The molecule has 32 heavy (non-hydrogen) atoms. The molecular formula is C24H32F2N4O2. The van der Waals surface area contributed by atoms with E-state index >= 15 is 0 Å². The third-order valence-corrected chi connectivity index (χ3v) is 5.41. The summed E-state index contributed by atoms with van der Waals surface area (Å²) in [5.41, 5.74) is 0.399. The number of imidazole rings is 1. The molecule has 2 N–H and O–H groups in total. The summed E-state index contributed by atoms with van der Waals surface area (Å²) in [5.74, 6) is -2.20. The van der Waals surface area contributed by atoms with Crippen molar-refractivity contribution in [2.45, 2.75) is 78.9 Å². The molecule has 0 saturated heterocycles. The van der Waals surface area contributed by atoms with Crippen LogP contribution in [0.25, 0.3) is 11.4 Å². The molecule has 8 heteroatoms. The van der Waals surface area contributed by atoms with Crippen LogP contribution in [0.2, 0.25) is 0 Å². The molecule has 6 nitrogen and oxygen atoms in total. The van der Waals surface area contributed by atoms with E-state index in [-0.39, 0.29) is 11.6 Å². The van der Waals surface area contributed by atoms with Crippen molar-refractivity contribution in [3.05, 3.63) is 41.2 Å². The van der Waals surface area contributed by atoms with Gasteiger partial charge in [-0.25, -0.2) is 13.8 Å². The Hall–Kier alpha value is -2.77. The molecule has 0 aliphatic carbocycles. The van der Waals surface area contributed by atoms with Crippen LogP contribution in [0.4, 0.5) is 8.78 Å². The first kappa shape index (κ1) is 23.9. The summed E-state index contributed by atoms with van der Waals surface area (Å²) < 4.78 is 29.2. The number of nitrogens with zero attached hydrogens (tertiary/aromatic N) is 2. The number of carbonyl (C=O) groups is 2. The normalized spacial score (nSPS) is 15.1. The highest BCUT2D eigenvalue weighted by Crippen LogP contribution is 2.29. The van der Waals surface area contributed by atoms with E-state index in [4.69, 9.17) is 0 Å². The zero-order valence-corrected chi connectivity index (χ0v) is 19.6. The average molecular weight is 447 g/mol. The summed E-state index contributed by atoms with van der Waals surface area (Å²) in [4.78, 5) is 30.8. The second-order valence-electron chi connectivity index (χ2n) is 10.5. The molecule has 0 saturated carbocycles. The smallest absolute Gasteiger partial charge is 0.272 e. The molecule has 2 aromatic rings. The monoisotopic (exact) mass is 446 g/mol. The third-order valence-electron chi connectivity index (χ3n) is 5.41. The van der Waals surface area contributed by atoms with Gasteiger partial charge in [-0.05, 0) is 63.6 Å². The lowest BCUT2D eigenvalue weighted by atomic mass is 9.85. The number of benzene rings is 1. The van der Waals surface area contributed by atoms with Crippen molar-refractivity contribution in [2.24, 2.45) is 5.41 Å². The highest BCUT2D eigenvalue weighted by Gasteiger charge is 2.36. The van der Waals surface area contributed by atoms with E-state index in [1.54, 1.807) is 0 Å². The Balaban J connectivity index is 1.97. The standard InChI is InChI=1S/C24H32F2N4O2/c1-23(2,3)19(22(32)29-24(4,5)6)28-21(31)18-17-9-7-8-12-30(17)20(27-18)14-10-11-15(25)16(26)13-14/h10-11,13,19H,7-9,12H2,1-6H3,(H,28,31)(H,29,32)/t19-/m1/s1. The van der Waals surface area contributed by atoms with Gasteiger partial charge in [-0.2, -0.15) is 0 Å². The van der Waals surface area contributed by atoms with Gasteiger partial charge in [-0.1, -0.05) is 20.8 Å². The fourth-order valence-corrected chi connectivity index (χ4v) is 3.90. The minimum absolute atomic E-state index is 0.224. The Bertz CT molecular complexity index is 1030. The number of fused-ring (bicyclic) bond motifs is 1. The van der Waals surface area contributed by atoms with Gasteiger partial charge in [-0.3, -0.25) is 9.59 Å². The third kappa shape index (κ3) is 5.16. The van der Waals surface area contributed by atoms with Crippen LogP contribution in [0.3, 0.4) is 0 Å². The van der Waals surface area contributed by atoms with Crippen LogP contribution >= 0.6 is 0 Å². The van der Waals surface area contributed by atoms with Crippen LogP contribution in [0.5, 0.6) is 0 Å². The molecule has 0 spiro atoms. The van der Waals surface area contributed by atoms with Crippen LogP contribution in [-0.2, 0) is 17.8 Å². The lowest BCUT2D eigenvalue weighted by molar-refractivity contribution is -0.126. The van der Waals surface area contributed by atoms with Gasteiger partial charge in [0.15, 0.2) is 11.6 Å². The van der Waals surface area contributed by atoms with E-state index in [1.165, 1.54) is 6.07 Å². The zero-order chi connectivity index (χ0) is 23.8. The van der Waals surface area contributed by atoms with Crippen molar-refractivity contribution in [2.75, 3.05) is 0 Å². The predicted molar refractivity (Wildman–Crippen MR) is 119 cm³/mol. The Morgan fingerprint density at radius 2 is 1.75 bits per heavy atom. The van der Waals surface area contributed by atoms with Gasteiger partial charge in [0.1, 0.15) is 17.6 Å². The summed E-state index contributed by atoms with van der Waals surface area (Å²) in [6.07, 6.45) is 2.45. The zero-order valence-electron chi connectivity index (χ0n) is 19.6. The molecule has 2 amide bonds. The van der Waals surface area contributed by atoms with E-state index in [9.17, 15) is 18.4 Å². The van der Waals surface area contributed by atoms with Crippen molar-refractivity contribution in [3.8, 4) is 11.4 Å². The van der Waals surface area contributed by atoms with Crippen LogP contribution < -0.4 is 10.6 Å². The number of carbonyl (C=O) groups excluding carboxylic acids is 2. The van der Waals surface area contributed by atoms with E-state index in [2.05, 4.69) is 15.6 Å². The van der Waals surface area contributed by atoms with Crippen molar-refractivity contribution >= 4 is 11.8 Å². The molecule has 0 bridgehead atoms. The molecule has 1 aromatic carbocycles. The second kappa shape index (κ2) is 8.64. The van der Waals surface area contributed by atoms with Crippen molar-refractivity contribution < 1.29 is 18.4 Å². The highest BCUT2D eigenvalue weighted by atomic mass is 19.2. The summed E-state index contributed by atoms with van der Waals surface area (Å²) in [5, 5.41) is 5.80. The molecule has 2 heterocycles. The van der Waals surface area contributed by atoms with E-state index < -0.39 is 34.5 Å². The number of aromatic nitrogens is 2. The summed E-state index contributed by atoms with van der Waals surface area (Å²) >= 11 is 0. The molecule has 3 rings (SSSR count). The molecule has 1 atom stereocenters. The van der Waals surface area contributed by atoms with Gasteiger partial charge in [0.05, 0.1) is 5.69 Å². The lowest BCUT2D eigenvalue weighted by Crippen LogP contribution is -2.57. The summed E-state index contributed by atoms with van der Waals surface area (Å²) in [6, 6.07) is 2.83. The predicted octanol–water partition coefficient (Wildman–Crippen LogP) is 4.22. The minimum Gasteiger partial charge on any atom is -0.350 e. The largest absolute Gasteiger partial charge is 0.350 e. The number of nitrogens with one attached hydrogen (secondary N) is 2. The highest BCUT2D eigenvalue weighted by molar-refractivity contribution is 5.98. The van der Waals surface area contributed by atoms with Crippen LogP contribution in [-0.4, -0.2) is 32.9 Å². The Kier molecular flexibility index (Phi) is 6.45. The van der Waals surface area contributed by atoms with Gasteiger partial charge < -0.3 is 15.2 Å². The van der Waals surface area contributed by atoms with Crippen LogP contribution in [0.15, 0.2) is 18.2 Å². The molecule has 1 aliphatic heterocycles. The van der Waals surface area contributed by atoms with Gasteiger partial charge in [0.2, 0.25) is 5.91 Å². The van der Waals surface area contributed by atoms with Crippen LogP contribution in [0, 0.1) is 17.0 Å². The number of rotatable bonds is 4. The van der Waals surface area contributed by atoms with Gasteiger partial charge in [0, 0.05) is 17.6 Å². The van der Waals surface area contributed by atoms with E-state index in [0.717, 1.165) is 30.7 Å². The first-order chi connectivity index (χ1) is 14.8. The number of hydrogen-bond donors (Lipinski definition) is 2. The Labute approximate surface area is 187 Å². The molecule has 174 valence electrons. The van der Waals surface area contributed by atoms with Gasteiger partial charge in [0.25, 0.3) is 5.91 Å². The number of hydrogen-bond acceptors (Lipinski definition) is 3. The fraction of sp³-hybridized carbons (Fsp3) is 0.542. The maximum absolute atomic E-state index is 13.9. The molecule has 0 fully saturated rings. The van der Waals surface area contributed by atoms with Gasteiger partial charge >= 0.3 is 0 Å². The molecule has 1 aliphatic rings. The number of halogens is 2. The maximum Gasteiger partial charge on any atom is 0.272 e. The summed E-state index contributed by atoms with van der Waals surface area (Å²) in [6.45, 7) is 11.9. The van der Waals surface area contributed by atoms with Crippen molar-refractivity contribution in [3.63, 3.8) is 0 Å². The number of amides is 2. The lowest BCUT2D eigenvalue weighted by Gasteiger charge is -2.33. The fourth-order valence-electron chi connectivity index (χ4n) is 3.90. The average Bonchev–Trinajstić information content (AvgIpc) is 3.05. The Morgan fingerprint density at radius 3 is 2.34 bits per heavy atom. The van der Waals surface area contributed by atoms with Crippen molar-refractivity contribution in [1.82, 2.24) is 20.2 Å². The second-order valence-corrected chi connectivity index (χ2v) is 10.5. The molecule has 0 unspecified atom stereocenters. The van der Waals surface area contributed by atoms with Gasteiger partial charge in [-0.15, -0.1) is 0 Å². The maximum atomic E-state index is 13.9. The first-order valence-electron chi connectivity index (χ1n) is 11.0. The molecule has 1 aromatic heterocycles. The van der Waals surface area contributed by atoms with Crippen LogP contribution in [0.1, 0.15) is 70.6 Å². The summed E-state index contributed by atoms with van der Waals surface area (Å²) in [7, 11) is 0. The van der Waals surface area contributed by atoms with E-state index in [0.29, 0.717) is 24.4 Å². The SMILES string of the molecule is CC(C)(C)NC(=O)[C@@H](NC(=O)c1nc(-c2ccc(F)c(F)c2)n2c1CCCC2)C(C)(C)C. The quantitative estimate of drug-likeness (QED) is 0.738. The van der Waals surface area contributed by atoms with E-state index in [1.807, 2.05) is 46.1 Å².